The second kappa shape index (κ2) is 6.55. The van der Waals surface area contributed by atoms with E-state index in [0.29, 0.717) is 6.04 Å². The molecule has 1 atom stereocenters. The number of nitrogens with zero attached hydrogens (tertiary/aromatic N) is 1. The second-order valence-electron chi connectivity index (χ2n) is 4.58. The Morgan fingerprint density at radius 2 is 1.76 bits per heavy atom. The first kappa shape index (κ1) is 13.9. The SMILES string of the molecule is CCC(C(=O)c1ccccc1)N(CC)C(C)C. The Hall–Kier alpha value is -1.15. The third-order valence-electron chi connectivity index (χ3n) is 3.18. The number of hydrogen-bond acceptors (Lipinski definition) is 2. The lowest BCUT2D eigenvalue weighted by molar-refractivity contribution is 0.0766. The van der Waals surface area contributed by atoms with E-state index in [1.807, 2.05) is 30.3 Å². The number of rotatable bonds is 6. The van der Waals surface area contributed by atoms with E-state index in [1.54, 1.807) is 0 Å². The summed E-state index contributed by atoms with van der Waals surface area (Å²) in [6.45, 7) is 9.39. The van der Waals surface area contributed by atoms with Gasteiger partial charge < -0.3 is 0 Å². The third-order valence-corrected chi connectivity index (χ3v) is 3.18. The van der Waals surface area contributed by atoms with Gasteiger partial charge in [0, 0.05) is 11.6 Å². The maximum Gasteiger partial charge on any atom is 0.179 e. The van der Waals surface area contributed by atoms with Gasteiger partial charge in [-0.25, -0.2) is 0 Å². The predicted octanol–water partition coefficient (Wildman–Crippen LogP) is 3.38. The molecular formula is C15H23NO. The van der Waals surface area contributed by atoms with E-state index in [-0.39, 0.29) is 11.8 Å². The van der Waals surface area contributed by atoms with Crippen LogP contribution in [0.25, 0.3) is 0 Å². The van der Waals surface area contributed by atoms with Crippen LogP contribution in [-0.2, 0) is 0 Å². The molecule has 0 aliphatic carbocycles. The van der Waals surface area contributed by atoms with E-state index in [0.717, 1.165) is 18.5 Å². The molecule has 1 aromatic rings. The molecule has 94 valence electrons. The summed E-state index contributed by atoms with van der Waals surface area (Å²) in [5, 5.41) is 0. The topological polar surface area (TPSA) is 20.3 Å². The normalized spacial score (nSPS) is 13.1. The lowest BCUT2D eigenvalue weighted by atomic mass is 9.99. The van der Waals surface area contributed by atoms with Crippen molar-refractivity contribution in [3.63, 3.8) is 0 Å². The summed E-state index contributed by atoms with van der Waals surface area (Å²) < 4.78 is 0. The van der Waals surface area contributed by atoms with Gasteiger partial charge in [0.15, 0.2) is 5.78 Å². The molecule has 1 rings (SSSR count). The third kappa shape index (κ3) is 3.40. The molecule has 0 fully saturated rings. The molecule has 0 saturated heterocycles. The molecule has 0 bridgehead atoms. The summed E-state index contributed by atoms with van der Waals surface area (Å²) in [6, 6.07) is 9.99. The number of hydrogen-bond donors (Lipinski definition) is 0. The van der Waals surface area contributed by atoms with Crippen LogP contribution in [0.1, 0.15) is 44.5 Å². The molecule has 0 amide bonds. The first-order valence-corrected chi connectivity index (χ1v) is 6.46. The van der Waals surface area contributed by atoms with Gasteiger partial charge in [0.2, 0.25) is 0 Å². The van der Waals surface area contributed by atoms with Gasteiger partial charge in [0.05, 0.1) is 6.04 Å². The fourth-order valence-corrected chi connectivity index (χ4v) is 2.31. The van der Waals surface area contributed by atoms with Crippen LogP contribution in [0.15, 0.2) is 30.3 Å². The predicted molar refractivity (Wildman–Crippen MR) is 72.4 cm³/mol. The average Bonchev–Trinajstić information content (AvgIpc) is 2.35. The van der Waals surface area contributed by atoms with Crippen molar-refractivity contribution in [1.82, 2.24) is 4.90 Å². The van der Waals surface area contributed by atoms with Crippen LogP contribution in [0, 0.1) is 0 Å². The lowest BCUT2D eigenvalue weighted by Gasteiger charge is -2.32. The van der Waals surface area contributed by atoms with Crippen LogP contribution < -0.4 is 0 Å². The molecule has 0 heterocycles. The molecule has 0 spiro atoms. The maximum atomic E-state index is 12.4. The van der Waals surface area contributed by atoms with E-state index >= 15 is 0 Å². The molecule has 1 aromatic carbocycles. The number of carbonyl (C=O) groups is 1. The van der Waals surface area contributed by atoms with Gasteiger partial charge in [-0.05, 0) is 26.8 Å². The molecule has 0 saturated carbocycles. The molecule has 2 heteroatoms. The minimum absolute atomic E-state index is 0.00222. The zero-order valence-corrected chi connectivity index (χ0v) is 11.3. The van der Waals surface area contributed by atoms with Gasteiger partial charge in [-0.2, -0.15) is 0 Å². The number of ketones is 1. The molecule has 0 aliphatic heterocycles. The number of carbonyl (C=O) groups excluding carboxylic acids is 1. The minimum atomic E-state index is 0.00222. The Labute approximate surface area is 105 Å². The van der Waals surface area contributed by atoms with Crippen LogP contribution in [0.4, 0.5) is 0 Å². The molecule has 0 aliphatic rings. The van der Waals surface area contributed by atoms with Crippen molar-refractivity contribution in [3.05, 3.63) is 35.9 Å². The number of benzene rings is 1. The van der Waals surface area contributed by atoms with E-state index in [2.05, 4.69) is 32.6 Å². The summed E-state index contributed by atoms with van der Waals surface area (Å²) in [7, 11) is 0. The van der Waals surface area contributed by atoms with Crippen molar-refractivity contribution in [2.75, 3.05) is 6.54 Å². The van der Waals surface area contributed by atoms with Crippen molar-refractivity contribution < 1.29 is 4.79 Å². The molecule has 1 unspecified atom stereocenters. The lowest BCUT2D eigenvalue weighted by Crippen LogP contribution is -2.44. The van der Waals surface area contributed by atoms with E-state index < -0.39 is 0 Å². The highest BCUT2D eigenvalue weighted by Crippen LogP contribution is 2.14. The summed E-state index contributed by atoms with van der Waals surface area (Å²) >= 11 is 0. The fourth-order valence-electron chi connectivity index (χ4n) is 2.31. The van der Waals surface area contributed by atoms with Gasteiger partial charge in [0.1, 0.15) is 0 Å². The van der Waals surface area contributed by atoms with Crippen molar-refractivity contribution in [3.8, 4) is 0 Å². The molecule has 0 radical (unpaired) electrons. The molecular weight excluding hydrogens is 210 g/mol. The minimum Gasteiger partial charge on any atom is -0.292 e. The Morgan fingerprint density at radius 1 is 1.18 bits per heavy atom. The Morgan fingerprint density at radius 3 is 2.18 bits per heavy atom. The average molecular weight is 233 g/mol. The van der Waals surface area contributed by atoms with Crippen molar-refractivity contribution in [2.24, 2.45) is 0 Å². The smallest absolute Gasteiger partial charge is 0.179 e. The van der Waals surface area contributed by atoms with Crippen LogP contribution >= 0.6 is 0 Å². The molecule has 0 N–H and O–H groups in total. The quantitative estimate of drug-likeness (QED) is 0.702. The Bertz CT molecular complexity index is 345. The number of likely N-dealkylation sites (N-methyl/N-ethyl adjacent to an activating group) is 1. The maximum absolute atomic E-state index is 12.4. The Balaban J connectivity index is 2.91. The van der Waals surface area contributed by atoms with E-state index in [1.165, 1.54) is 0 Å². The Kier molecular flexibility index (Phi) is 5.36. The van der Waals surface area contributed by atoms with Crippen LogP contribution in [0.2, 0.25) is 0 Å². The summed E-state index contributed by atoms with van der Waals surface area (Å²) in [4.78, 5) is 14.7. The first-order valence-electron chi connectivity index (χ1n) is 6.46. The van der Waals surface area contributed by atoms with Crippen molar-refractivity contribution in [2.45, 2.75) is 46.2 Å². The van der Waals surface area contributed by atoms with E-state index in [9.17, 15) is 4.79 Å². The van der Waals surface area contributed by atoms with Gasteiger partial charge in [-0.15, -0.1) is 0 Å². The first-order chi connectivity index (χ1) is 8.11. The number of Topliss-reactive ketones (excluding diaryl/α,β-unsaturated/α-hetero) is 1. The van der Waals surface area contributed by atoms with Crippen LogP contribution in [0.5, 0.6) is 0 Å². The molecule has 17 heavy (non-hydrogen) atoms. The monoisotopic (exact) mass is 233 g/mol. The van der Waals surface area contributed by atoms with Crippen LogP contribution in [0.3, 0.4) is 0 Å². The second-order valence-corrected chi connectivity index (χ2v) is 4.58. The van der Waals surface area contributed by atoms with Gasteiger partial charge in [0.25, 0.3) is 0 Å². The zero-order chi connectivity index (χ0) is 12.8. The zero-order valence-electron chi connectivity index (χ0n) is 11.3. The highest BCUT2D eigenvalue weighted by atomic mass is 16.1. The summed E-state index contributed by atoms with van der Waals surface area (Å²) in [5.74, 6) is 0.239. The fraction of sp³-hybridized carbons (Fsp3) is 0.533. The largest absolute Gasteiger partial charge is 0.292 e. The highest BCUT2D eigenvalue weighted by molar-refractivity contribution is 6.00. The van der Waals surface area contributed by atoms with Crippen LogP contribution in [-0.4, -0.2) is 29.3 Å². The van der Waals surface area contributed by atoms with E-state index in [4.69, 9.17) is 0 Å². The summed E-state index contributed by atoms with van der Waals surface area (Å²) in [6.07, 6.45) is 0.861. The van der Waals surface area contributed by atoms with Gasteiger partial charge in [-0.3, -0.25) is 9.69 Å². The van der Waals surface area contributed by atoms with Crippen molar-refractivity contribution in [1.29, 1.82) is 0 Å². The summed E-state index contributed by atoms with van der Waals surface area (Å²) in [5.41, 5.74) is 0.818. The molecule has 2 nitrogen and oxygen atoms in total. The molecule has 0 aromatic heterocycles. The standard InChI is InChI=1S/C15H23NO/c1-5-14(16(6-2)12(3)4)15(17)13-10-8-7-9-11-13/h7-12,14H,5-6H2,1-4H3. The van der Waals surface area contributed by atoms with Gasteiger partial charge >= 0.3 is 0 Å². The van der Waals surface area contributed by atoms with Gasteiger partial charge in [-0.1, -0.05) is 44.2 Å². The highest BCUT2D eigenvalue weighted by Gasteiger charge is 2.25. The van der Waals surface area contributed by atoms with Crippen molar-refractivity contribution >= 4 is 5.78 Å².